The summed E-state index contributed by atoms with van der Waals surface area (Å²) in [5.74, 6) is 0. The maximum Gasteiger partial charge on any atom is 0.336 e. The Balaban J connectivity index is 2.11. The molecule has 7 heteroatoms. The van der Waals surface area contributed by atoms with Crippen molar-refractivity contribution >= 4 is 10.3 Å². The Morgan fingerprint density at radius 2 is 1.24 bits per heavy atom. The zero-order chi connectivity index (χ0) is 12.3. The number of nitrogens with zero attached hydrogens (tertiary/aromatic N) is 1. The van der Waals surface area contributed by atoms with E-state index >= 15 is 0 Å². The van der Waals surface area contributed by atoms with Crippen molar-refractivity contribution in [3.05, 3.63) is 0 Å². The Kier molecular flexibility index (Phi) is 4.37. The maximum atomic E-state index is 11.5. The highest BCUT2D eigenvalue weighted by Crippen LogP contribution is 2.25. The van der Waals surface area contributed by atoms with Gasteiger partial charge in [-0.25, -0.2) is 0 Å². The van der Waals surface area contributed by atoms with Crippen molar-refractivity contribution in [2.24, 2.45) is 0 Å². The van der Waals surface area contributed by atoms with Gasteiger partial charge < -0.3 is 9.47 Å². The quantitative estimate of drug-likeness (QED) is 0.750. The van der Waals surface area contributed by atoms with Gasteiger partial charge in [0.1, 0.15) is 0 Å². The van der Waals surface area contributed by atoms with Crippen LogP contribution in [-0.2, 0) is 19.8 Å². The zero-order valence-corrected chi connectivity index (χ0v) is 10.6. The van der Waals surface area contributed by atoms with Crippen LogP contribution < -0.4 is 0 Å². The van der Waals surface area contributed by atoms with Gasteiger partial charge in [-0.05, 0) is 25.7 Å². The smallest absolute Gasteiger partial charge is 0.336 e. The molecule has 0 spiro atoms. The molecule has 17 heavy (non-hydrogen) atoms. The average Bonchev–Trinajstić information content (AvgIpc) is 2.30. The molecule has 0 bridgehead atoms. The fraction of sp³-hybridized carbons (Fsp3) is 1.00. The van der Waals surface area contributed by atoms with E-state index in [1.807, 2.05) is 0 Å². The molecule has 0 aromatic rings. The van der Waals surface area contributed by atoms with Crippen LogP contribution in [0.15, 0.2) is 0 Å². The largest absolute Gasteiger partial charge is 0.381 e. The van der Waals surface area contributed by atoms with Crippen molar-refractivity contribution in [1.82, 2.24) is 4.31 Å². The Bertz CT molecular complexity index is 315. The summed E-state index contributed by atoms with van der Waals surface area (Å²) in [7, 11) is -4.14. The van der Waals surface area contributed by atoms with Crippen molar-refractivity contribution in [1.29, 1.82) is 0 Å². The van der Waals surface area contributed by atoms with E-state index in [-0.39, 0.29) is 12.1 Å². The summed E-state index contributed by atoms with van der Waals surface area (Å²) in [5, 5.41) is 0. The molecule has 0 radical (unpaired) electrons. The third kappa shape index (κ3) is 3.38. The molecule has 100 valence electrons. The van der Waals surface area contributed by atoms with Crippen molar-refractivity contribution in [2.45, 2.75) is 37.8 Å². The Hall–Kier alpha value is -0.210. The molecule has 0 aromatic carbocycles. The number of hydrogen-bond donors (Lipinski definition) is 1. The fourth-order valence-electron chi connectivity index (χ4n) is 2.55. The molecular weight excluding hydrogens is 246 g/mol. The van der Waals surface area contributed by atoms with Crippen LogP contribution >= 0.6 is 0 Å². The fourth-order valence-corrected chi connectivity index (χ4v) is 3.73. The summed E-state index contributed by atoms with van der Waals surface area (Å²) in [4.78, 5) is 0. The highest BCUT2D eigenvalue weighted by Gasteiger charge is 2.36. The second-order valence-corrected chi connectivity index (χ2v) is 5.81. The molecule has 2 heterocycles. The van der Waals surface area contributed by atoms with Gasteiger partial charge in [-0.2, -0.15) is 12.7 Å². The second kappa shape index (κ2) is 5.62. The molecule has 0 atom stereocenters. The molecule has 1 N–H and O–H groups in total. The van der Waals surface area contributed by atoms with Crippen LogP contribution in [0.25, 0.3) is 0 Å². The predicted octanol–water partition coefficient (Wildman–Crippen LogP) is 0.449. The van der Waals surface area contributed by atoms with Crippen LogP contribution in [-0.4, -0.2) is 55.8 Å². The zero-order valence-electron chi connectivity index (χ0n) is 9.75. The first-order valence-electron chi connectivity index (χ1n) is 6.00. The predicted molar refractivity (Wildman–Crippen MR) is 61.1 cm³/mol. The Labute approximate surface area is 102 Å². The lowest BCUT2D eigenvalue weighted by Crippen LogP contribution is -2.50. The third-order valence-corrected chi connectivity index (χ3v) is 4.50. The molecule has 0 saturated carbocycles. The highest BCUT2D eigenvalue weighted by atomic mass is 32.2. The van der Waals surface area contributed by atoms with Crippen LogP contribution in [0, 0.1) is 0 Å². The van der Waals surface area contributed by atoms with Crippen LogP contribution in [0.5, 0.6) is 0 Å². The number of hydrogen-bond acceptors (Lipinski definition) is 4. The molecule has 0 amide bonds. The molecule has 2 aliphatic heterocycles. The van der Waals surface area contributed by atoms with E-state index in [4.69, 9.17) is 9.47 Å². The summed E-state index contributed by atoms with van der Waals surface area (Å²) in [6.45, 7) is 2.22. The van der Waals surface area contributed by atoms with Crippen LogP contribution in [0.2, 0.25) is 0 Å². The average molecular weight is 265 g/mol. The molecule has 0 aromatic heterocycles. The van der Waals surface area contributed by atoms with Gasteiger partial charge in [0.15, 0.2) is 0 Å². The minimum atomic E-state index is -4.14. The van der Waals surface area contributed by atoms with Gasteiger partial charge in [0, 0.05) is 38.5 Å². The van der Waals surface area contributed by atoms with Crippen molar-refractivity contribution < 1.29 is 22.4 Å². The standard InChI is InChI=1S/C10H19NO5S/c12-17(13,14)11(9-1-5-15-6-2-9)10-3-7-16-8-4-10/h9-10H,1-8H2,(H,12,13,14). The minimum Gasteiger partial charge on any atom is -0.381 e. The highest BCUT2D eigenvalue weighted by molar-refractivity contribution is 7.83. The Morgan fingerprint density at radius 3 is 1.53 bits per heavy atom. The van der Waals surface area contributed by atoms with Gasteiger partial charge in [0.05, 0.1) is 0 Å². The summed E-state index contributed by atoms with van der Waals surface area (Å²) in [6, 6.07) is -0.274. The van der Waals surface area contributed by atoms with E-state index in [0.29, 0.717) is 52.1 Å². The number of rotatable bonds is 3. The van der Waals surface area contributed by atoms with Crippen molar-refractivity contribution in [3.8, 4) is 0 Å². The monoisotopic (exact) mass is 265 g/mol. The minimum absolute atomic E-state index is 0.137. The van der Waals surface area contributed by atoms with Gasteiger partial charge >= 0.3 is 10.3 Å². The lowest BCUT2D eigenvalue weighted by atomic mass is 10.0. The summed E-state index contributed by atoms with van der Waals surface area (Å²) in [5.41, 5.74) is 0. The first-order valence-corrected chi connectivity index (χ1v) is 7.40. The van der Waals surface area contributed by atoms with Crippen LogP contribution in [0.3, 0.4) is 0 Å². The van der Waals surface area contributed by atoms with E-state index in [1.54, 1.807) is 0 Å². The molecule has 6 nitrogen and oxygen atoms in total. The molecule has 2 saturated heterocycles. The SMILES string of the molecule is O=S(=O)(O)N(C1CCOCC1)C1CCOCC1. The summed E-state index contributed by atoms with van der Waals surface area (Å²) in [6.07, 6.45) is 2.60. The van der Waals surface area contributed by atoms with Gasteiger partial charge in [0.25, 0.3) is 0 Å². The molecule has 2 fully saturated rings. The van der Waals surface area contributed by atoms with E-state index < -0.39 is 10.3 Å². The van der Waals surface area contributed by atoms with Gasteiger partial charge in [-0.15, -0.1) is 0 Å². The van der Waals surface area contributed by atoms with E-state index in [9.17, 15) is 13.0 Å². The lowest BCUT2D eigenvalue weighted by molar-refractivity contribution is 0.0139. The first-order chi connectivity index (χ1) is 8.09. The number of ether oxygens (including phenoxy) is 2. The lowest BCUT2D eigenvalue weighted by Gasteiger charge is -2.38. The maximum absolute atomic E-state index is 11.5. The molecular formula is C10H19NO5S. The molecule has 0 unspecified atom stereocenters. The van der Waals surface area contributed by atoms with Crippen molar-refractivity contribution in [2.75, 3.05) is 26.4 Å². The third-order valence-electron chi connectivity index (χ3n) is 3.37. The van der Waals surface area contributed by atoms with Gasteiger partial charge in [0.2, 0.25) is 0 Å². The Morgan fingerprint density at radius 1 is 0.882 bits per heavy atom. The second-order valence-electron chi connectivity index (χ2n) is 4.49. The van der Waals surface area contributed by atoms with Gasteiger partial charge in [-0.3, -0.25) is 4.55 Å². The topological polar surface area (TPSA) is 76.1 Å². The molecule has 0 aliphatic carbocycles. The summed E-state index contributed by atoms with van der Waals surface area (Å²) >= 11 is 0. The first kappa shape index (κ1) is 13.2. The van der Waals surface area contributed by atoms with E-state index in [1.165, 1.54) is 4.31 Å². The van der Waals surface area contributed by atoms with Crippen LogP contribution in [0.1, 0.15) is 25.7 Å². The summed E-state index contributed by atoms with van der Waals surface area (Å²) < 4.78 is 44.2. The van der Waals surface area contributed by atoms with Crippen molar-refractivity contribution in [3.63, 3.8) is 0 Å². The van der Waals surface area contributed by atoms with Crippen LogP contribution in [0.4, 0.5) is 0 Å². The van der Waals surface area contributed by atoms with Gasteiger partial charge in [-0.1, -0.05) is 0 Å². The normalized spacial score (nSPS) is 25.3. The molecule has 2 rings (SSSR count). The van der Waals surface area contributed by atoms with E-state index in [0.717, 1.165) is 0 Å². The van der Waals surface area contributed by atoms with E-state index in [2.05, 4.69) is 0 Å². The molecule has 2 aliphatic rings.